The number of amides is 2. The van der Waals surface area contributed by atoms with Gasteiger partial charge in [-0.2, -0.15) is 0 Å². The minimum atomic E-state index is 0.0107. The first-order valence-electron chi connectivity index (χ1n) is 6.69. The molecule has 1 saturated heterocycles. The van der Waals surface area contributed by atoms with Crippen LogP contribution >= 0.6 is 0 Å². The van der Waals surface area contributed by atoms with E-state index in [9.17, 15) is 4.79 Å². The van der Waals surface area contributed by atoms with Gasteiger partial charge in [0.2, 0.25) is 0 Å². The van der Waals surface area contributed by atoms with Gasteiger partial charge in [0.05, 0.1) is 0 Å². The molecule has 1 aliphatic rings. The monoisotopic (exact) mass is 246 g/mol. The van der Waals surface area contributed by atoms with Gasteiger partial charge < -0.3 is 10.2 Å². The third-order valence-corrected chi connectivity index (χ3v) is 3.68. The molecule has 1 N–H and O–H groups in total. The van der Waals surface area contributed by atoms with Gasteiger partial charge in [-0.1, -0.05) is 30.3 Å². The van der Waals surface area contributed by atoms with Crippen molar-refractivity contribution in [3.8, 4) is 0 Å². The van der Waals surface area contributed by atoms with Crippen LogP contribution in [0.25, 0.3) is 0 Å². The molecule has 3 nitrogen and oxygen atoms in total. The van der Waals surface area contributed by atoms with Crippen LogP contribution in [0.15, 0.2) is 30.3 Å². The van der Waals surface area contributed by atoms with Crippen molar-refractivity contribution in [2.45, 2.75) is 38.6 Å². The summed E-state index contributed by atoms with van der Waals surface area (Å²) in [4.78, 5) is 14.0. The zero-order valence-corrected chi connectivity index (χ0v) is 11.3. The Bertz CT molecular complexity index is 400. The molecule has 0 bridgehead atoms. The van der Waals surface area contributed by atoms with Crippen molar-refractivity contribution >= 4 is 6.03 Å². The Hall–Kier alpha value is -1.51. The Morgan fingerprint density at radius 3 is 2.67 bits per heavy atom. The van der Waals surface area contributed by atoms with Crippen LogP contribution in [-0.4, -0.2) is 29.6 Å². The number of nitrogens with one attached hydrogen (secondary N) is 1. The lowest BCUT2D eigenvalue weighted by Gasteiger charge is -2.31. The summed E-state index contributed by atoms with van der Waals surface area (Å²) in [5.41, 5.74) is 1.27. The van der Waals surface area contributed by atoms with E-state index in [1.165, 1.54) is 5.56 Å². The van der Waals surface area contributed by atoms with E-state index < -0.39 is 0 Å². The van der Waals surface area contributed by atoms with E-state index in [4.69, 9.17) is 0 Å². The number of benzene rings is 1. The summed E-state index contributed by atoms with van der Waals surface area (Å²) in [6, 6.07) is 10.3. The molecule has 18 heavy (non-hydrogen) atoms. The number of hydrogen-bond donors (Lipinski definition) is 1. The highest BCUT2D eigenvalue weighted by Crippen LogP contribution is 2.27. The number of carbonyl (C=O) groups excluding carboxylic acids is 1. The third-order valence-electron chi connectivity index (χ3n) is 3.68. The average molecular weight is 246 g/mol. The highest BCUT2D eigenvalue weighted by molar-refractivity contribution is 5.75. The molecule has 0 atom stereocenters. The molecule has 0 aliphatic carbocycles. The Kier molecular flexibility index (Phi) is 3.90. The van der Waals surface area contributed by atoms with E-state index in [2.05, 4.69) is 31.3 Å². The second kappa shape index (κ2) is 5.42. The summed E-state index contributed by atoms with van der Waals surface area (Å²) >= 11 is 0. The zero-order valence-electron chi connectivity index (χ0n) is 11.3. The van der Waals surface area contributed by atoms with Crippen molar-refractivity contribution in [2.75, 3.05) is 13.1 Å². The molecule has 1 fully saturated rings. The molecule has 98 valence electrons. The Morgan fingerprint density at radius 2 is 2.06 bits per heavy atom. The quantitative estimate of drug-likeness (QED) is 0.874. The van der Waals surface area contributed by atoms with Crippen LogP contribution in [0.4, 0.5) is 4.79 Å². The summed E-state index contributed by atoms with van der Waals surface area (Å²) in [5.74, 6) is 0. The SMILES string of the molecule is CC1(C)CCCN1C(=O)NCCc1ccccc1. The van der Waals surface area contributed by atoms with Gasteiger partial charge in [0.25, 0.3) is 0 Å². The lowest BCUT2D eigenvalue weighted by molar-refractivity contribution is 0.165. The summed E-state index contributed by atoms with van der Waals surface area (Å²) in [6.07, 6.45) is 3.10. The second-order valence-electron chi connectivity index (χ2n) is 5.54. The summed E-state index contributed by atoms with van der Waals surface area (Å²) in [6.45, 7) is 5.85. The van der Waals surface area contributed by atoms with Gasteiger partial charge in [0, 0.05) is 18.6 Å². The largest absolute Gasteiger partial charge is 0.338 e. The minimum absolute atomic E-state index is 0.0107. The Labute approximate surface area is 109 Å². The molecular formula is C15H22N2O. The first kappa shape index (κ1) is 12.9. The summed E-state index contributed by atoms with van der Waals surface area (Å²) in [7, 11) is 0. The maximum atomic E-state index is 12.1. The Morgan fingerprint density at radius 1 is 1.33 bits per heavy atom. The topological polar surface area (TPSA) is 32.3 Å². The molecular weight excluding hydrogens is 224 g/mol. The lowest BCUT2D eigenvalue weighted by atomic mass is 10.0. The van der Waals surface area contributed by atoms with Crippen molar-refractivity contribution < 1.29 is 4.79 Å². The molecule has 2 amide bonds. The number of likely N-dealkylation sites (tertiary alicyclic amines) is 1. The fraction of sp³-hybridized carbons (Fsp3) is 0.533. The fourth-order valence-corrected chi connectivity index (χ4v) is 2.54. The highest BCUT2D eigenvalue weighted by Gasteiger charge is 2.35. The van der Waals surface area contributed by atoms with E-state index in [0.717, 1.165) is 25.8 Å². The Balaban J connectivity index is 1.79. The molecule has 0 spiro atoms. The van der Waals surface area contributed by atoms with E-state index in [1.807, 2.05) is 23.1 Å². The zero-order chi connectivity index (χ0) is 13.0. The van der Waals surface area contributed by atoms with Crippen LogP contribution in [-0.2, 0) is 6.42 Å². The normalized spacial score (nSPS) is 17.8. The van der Waals surface area contributed by atoms with E-state index in [0.29, 0.717) is 6.54 Å². The van der Waals surface area contributed by atoms with Crippen LogP contribution in [0.3, 0.4) is 0 Å². The van der Waals surface area contributed by atoms with Crippen molar-refractivity contribution in [2.24, 2.45) is 0 Å². The van der Waals surface area contributed by atoms with Crippen molar-refractivity contribution in [1.82, 2.24) is 10.2 Å². The molecule has 2 rings (SSSR count). The van der Waals surface area contributed by atoms with E-state index in [1.54, 1.807) is 0 Å². The minimum Gasteiger partial charge on any atom is -0.338 e. The van der Waals surface area contributed by atoms with Crippen LogP contribution in [0.5, 0.6) is 0 Å². The van der Waals surface area contributed by atoms with Gasteiger partial charge in [0.1, 0.15) is 0 Å². The first-order chi connectivity index (χ1) is 8.59. The van der Waals surface area contributed by atoms with Gasteiger partial charge in [0.15, 0.2) is 0 Å². The van der Waals surface area contributed by atoms with Crippen molar-refractivity contribution in [3.63, 3.8) is 0 Å². The van der Waals surface area contributed by atoms with Crippen molar-refractivity contribution in [3.05, 3.63) is 35.9 Å². The van der Waals surface area contributed by atoms with Crippen LogP contribution in [0.1, 0.15) is 32.3 Å². The maximum absolute atomic E-state index is 12.1. The standard InChI is InChI=1S/C15H22N2O/c1-15(2)10-6-12-17(15)14(18)16-11-9-13-7-4-3-5-8-13/h3-5,7-8H,6,9-12H2,1-2H3,(H,16,18). The maximum Gasteiger partial charge on any atom is 0.317 e. The fourth-order valence-electron chi connectivity index (χ4n) is 2.54. The predicted octanol–water partition coefficient (Wildman–Crippen LogP) is 2.81. The highest BCUT2D eigenvalue weighted by atomic mass is 16.2. The van der Waals surface area contributed by atoms with Gasteiger partial charge >= 0.3 is 6.03 Å². The second-order valence-corrected chi connectivity index (χ2v) is 5.54. The molecule has 1 aromatic carbocycles. The summed E-state index contributed by atoms with van der Waals surface area (Å²) < 4.78 is 0. The van der Waals surface area contributed by atoms with Gasteiger partial charge in [-0.15, -0.1) is 0 Å². The molecule has 0 unspecified atom stereocenters. The number of hydrogen-bond acceptors (Lipinski definition) is 1. The average Bonchev–Trinajstić information content (AvgIpc) is 2.70. The van der Waals surface area contributed by atoms with Gasteiger partial charge in [-0.3, -0.25) is 0 Å². The molecule has 1 aromatic rings. The molecule has 3 heteroatoms. The third kappa shape index (κ3) is 3.03. The van der Waals surface area contributed by atoms with Crippen LogP contribution in [0, 0.1) is 0 Å². The molecule has 1 heterocycles. The lowest BCUT2D eigenvalue weighted by Crippen LogP contribution is -2.48. The predicted molar refractivity (Wildman–Crippen MR) is 73.6 cm³/mol. The van der Waals surface area contributed by atoms with Gasteiger partial charge in [-0.25, -0.2) is 4.79 Å². The van der Waals surface area contributed by atoms with E-state index >= 15 is 0 Å². The van der Waals surface area contributed by atoms with Gasteiger partial charge in [-0.05, 0) is 38.7 Å². The molecule has 1 aliphatic heterocycles. The number of urea groups is 1. The van der Waals surface area contributed by atoms with Crippen molar-refractivity contribution in [1.29, 1.82) is 0 Å². The van der Waals surface area contributed by atoms with E-state index in [-0.39, 0.29) is 11.6 Å². The number of carbonyl (C=O) groups is 1. The molecule has 0 radical (unpaired) electrons. The number of rotatable bonds is 3. The molecule has 0 saturated carbocycles. The smallest absolute Gasteiger partial charge is 0.317 e. The first-order valence-corrected chi connectivity index (χ1v) is 6.69. The molecule has 0 aromatic heterocycles. The summed E-state index contributed by atoms with van der Waals surface area (Å²) in [5, 5.41) is 3.02. The number of nitrogens with zero attached hydrogens (tertiary/aromatic N) is 1. The van der Waals surface area contributed by atoms with Crippen LogP contribution < -0.4 is 5.32 Å². The van der Waals surface area contributed by atoms with Crippen LogP contribution in [0.2, 0.25) is 0 Å².